The number of esters is 1. The lowest BCUT2D eigenvalue weighted by molar-refractivity contribution is -0.139. The van der Waals surface area contributed by atoms with Crippen LogP contribution >= 0.6 is 35.1 Å². The van der Waals surface area contributed by atoms with Crippen molar-refractivity contribution >= 4 is 46.8 Å². The first-order chi connectivity index (χ1) is 12.1. The summed E-state index contributed by atoms with van der Waals surface area (Å²) in [7, 11) is 0. The molecule has 2 aromatic carbocycles. The first-order valence-corrected chi connectivity index (χ1v) is 9.56. The van der Waals surface area contributed by atoms with E-state index in [0.717, 1.165) is 35.5 Å². The molecule has 0 saturated carbocycles. The third-order valence-electron chi connectivity index (χ3n) is 3.86. The Labute approximate surface area is 161 Å². The van der Waals surface area contributed by atoms with Crippen LogP contribution in [0, 0.1) is 0 Å². The van der Waals surface area contributed by atoms with Crippen LogP contribution in [0.3, 0.4) is 0 Å². The van der Waals surface area contributed by atoms with Gasteiger partial charge in [-0.15, -0.1) is 0 Å². The van der Waals surface area contributed by atoms with Gasteiger partial charge in [-0.3, -0.25) is 4.79 Å². The fraction of sp³-hybridized carbons (Fsp3) is 0.278. The molecule has 1 aliphatic rings. The van der Waals surface area contributed by atoms with Gasteiger partial charge in [0.05, 0.1) is 16.7 Å². The van der Waals surface area contributed by atoms with E-state index >= 15 is 0 Å². The Hall–Kier alpha value is -1.40. The second-order valence-corrected chi connectivity index (χ2v) is 7.34. The number of hydrogen-bond acceptors (Lipinski definition) is 5. The smallest absolute Gasteiger partial charge is 0.324 e. The van der Waals surface area contributed by atoms with Crippen LogP contribution in [-0.2, 0) is 16.0 Å². The van der Waals surface area contributed by atoms with Gasteiger partial charge in [-0.05, 0) is 54.3 Å². The summed E-state index contributed by atoms with van der Waals surface area (Å²) >= 11 is 13.7. The molecule has 2 aromatic rings. The highest BCUT2D eigenvalue weighted by molar-refractivity contribution is 7.97. The fourth-order valence-corrected chi connectivity index (χ4v) is 3.65. The van der Waals surface area contributed by atoms with Crippen molar-refractivity contribution in [2.45, 2.75) is 23.8 Å². The Morgan fingerprint density at radius 3 is 2.68 bits per heavy atom. The van der Waals surface area contributed by atoms with Crippen LogP contribution in [0.2, 0.25) is 10.0 Å². The van der Waals surface area contributed by atoms with E-state index in [4.69, 9.17) is 27.9 Å². The molecule has 1 fully saturated rings. The first kappa shape index (κ1) is 18.4. The molecular weight excluding hydrogens is 379 g/mol. The zero-order chi connectivity index (χ0) is 17.6. The summed E-state index contributed by atoms with van der Waals surface area (Å²) < 4.78 is 8.06. The van der Waals surface area contributed by atoms with Crippen LogP contribution in [0.1, 0.15) is 12.0 Å². The highest BCUT2D eigenvalue weighted by atomic mass is 35.5. The van der Waals surface area contributed by atoms with Crippen molar-refractivity contribution in [1.29, 1.82) is 0 Å². The van der Waals surface area contributed by atoms with Crippen molar-refractivity contribution in [3.8, 4) is 0 Å². The molecule has 1 atom stereocenters. The molecule has 0 aromatic heterocycles. The molecule has 1 unspecified atom stereocenters. The molecule has 1 aliphatic heterocycles. The predicted octanol–water partition coefficient (Wildman–Crippen LogP) is 4.56. The van der Waals surface area contributed by atoms with Gasteiger partial charge in [-0.25, -0.2) is 4.72 Å². The number of anilines is 1. The summed E-state index contributed by atoms with van der Waals surface area (Å²) in [4.78, 5) is 12.4. The molecule has 1 heterocycles. The lowest BCUT2D eigenvalue weighted by Crippen LogP contribution is -2.27. The maximum atomic E-state index is 11.4. The Balaban J connectivity index is 1.46. The number of halogens is 2. The van der Waals surface area contributed by atoms with E-state index in [-0.39, 0.29) is 12.0 Å². The first-order valence-electron chi connectivity index (χ1n) is 7.99. The zero-order valence-corrected chi connectivity index (χ0v) is 15.8. The normalized spacial score (nSPS) is 16.7. The van der Waals surface area contributed by atoms with E-state index in [1.165, 1.54) is 11.9 Å². The number of rotatable bonds is 7. The quantitative estimate of drug-likeness (QED) is 0.530. The summed E-state index contributed by atoms with van der Waals surface area (Å²) in [6.45, 7) is 1.26. The van der Waals surface area contributed by atoms with Crippen LogP contribution in [0.15, 0.2) is 47.4 Å². The molecule has 1 saturated heterocycles. The molecule has 7 heteroatoms. The maximum absolute atomic E-state index is 11.4. The number of carbonyl (C=O) groups excluding carboxylic acids is 1. The largest absolute Gasteiger partial charge is 0.464 e. The van der Waals surface area contributed by atoms with Gasteiger partial charge in [0, 0.05) is 23.5 Å². The van der Waals surface area contributed by atoms with Gasteiger partial charge < -0.3 is 10.1 Å². The van der Waals surface area contributed by atoms with Crippen molar-refractivity contribution in [3.05, 3.63) is 58.1 Å². The highest BCUT2D eigenvalue weighted by Crippen LogP contribution is 2.26. The van der Waals surface area contributed by atoms with Crippen LogP contribution in [0.5, 0.6) is 0 Å². The summed E-state index contributed by atoms with van der Waals surface area (Å²) in [5.41, 5.74) is 2.06. The van der Waals surface area contributed by atoms with Crippen molar-refractivity contribution in [3.63, 3.8) is 0 Å². The van der Waals surface area contributed by atoms with Gasteiger partial charge >= 0.3 is 5.97 Å². The molecule has 132 valence electrons. The van der Waals surface area contributed by atoms with Crippen LogP contribution < -0.4 is 10.0 Å². The van der Waals surface area contributed by atoms with Crippen molar-refractivity contribution in [2.24, 2.45) is 0 Å². The molecular formula is C18H18Cl2N2O2S. The third-order valence-corrected chi connectivity index (χ3v) is 5.63. The van der Waals surface area contributed by atoms with Crippen LogP contribution in [0.4, 0.5) is 5.69 Å². The molecule has 0 bridgehead atoms. The van der Waals surface area contributed by atoms with Gasteiger partial charge in [0.2, 0.25) is 0 Å². The monoisotopic (exact) mass is 396 g/mol. The number of hydrogen-bond donors (Lipinski definition) is 2. The number of carbonyl (C=O) groups is 1. The SMILES string of the molecule is O=C1OCCC1NSc1ccc(NCCc2cccc(Cl)c2Cl)cc1. The Morgan fingerprint density at radius 1 is 1.16 bits per heavy atom. The molecule has 25 heavy (non-hydrogen) atoms. The van der Waals surface area contributed by atoms with Crippen molar-refractivity contribution < 1.29 is 9.53 Å². The average molecular weight is 397 g/mol. The van der Waals surface area contributed by atoms with Gasteiger partial charge in [0.1, 0.15) is 6.04 Å². The minimum atomic E-state index is -0.217. The minimum Gasteiger partial charge on any atom is -0.464 e. The van der Waals surface area contributed by atoms with E-state index in [0.29, 0.717) is 16.7 Å². The van der Waals surface area contributed by atoms with Crippen LogP contribution in [0.25, 0.3) is 0 Å². The molecule has 0 amide bonds. The number of nitrogens with one attached hydrogen (secondary N) is 2. The van der Waals surface area contributed by atoms with Gasteiger partial charge in [0.25, 0.3) is 0 Å². The molecule has 0 radical (unpaired) electrons. The third kappa shape index (κ3) is 5.05. The Kier molecular flexibility index (Phi) is 6.48. The van der Waals surface area contributed by atoms with E-state index < -0.39 is 0 Å². The Bertz CT molecular complexity index is 740. The number of cyclic esters (lactones) is 1. The van der Waals surface area contributed by atoms with E-state index in [9.17, 15) is 4.79 Å². The fourth-order valence-electron chi connectivity index (χ4n) is 2.47. The van der Waals surface area contributed by atoms with E-state index in [1.807, 2.05) is 36.4 Å². The molecule has 0 aliphatic carbocycles. The van der Waals surface area contributed by atoms with E-state index in [2.05, 4.69) is 10.0 Å². The second kappa shape index (κ2) is 8.81. The average Bonchev–Trinajstić information content (AvgIpc) is 3.03. The number of ether oxygens (including phenoxy) is 1. The Morgan fingerprint density at radius 2 is 1.96 bits per heavy atom. The summed E-state index contributed by atoms with van der Waals surface area (Å²) in [6, 6.07) is 13.5. The standard InChI is InChI=1S/C18H18Cl2N2O2S/c19-15-3-1-2-12(17(15)20)8-10-21-13-4-6-14(7-5-13)25-22-16-9-11-24-18(16)23/h1-7,16,21-22H,8-11H2. The summed E-state index contributed by atoms with van der Waals surface area (Å²) in [5.74, 6) is -0.175. The van der Waals surface area contributed by atoms with Crippen molar-refractivity contribution in [2.75, 3.05) is 18.5 Å². The second-order valence-electron chi connectivity index (χ2n) is 5.64. The lowest BCUT2D eigenvalue weighted by Gasteiger charge is -2.10. The van der Waals surface area contributed by atoms with Gasteiger partial charge in [-0.2, -0.15) is 0 Å². The minimum absolute atomic E-state index is 0.175. The predicted molar refractivity (Wildman–Crippen MR) is 103 cm³/mol. The van der Waals surface area contributed by atoms with Crippen molar-refractivity contribution in [1.82, 2.24) is 4.72 Å². The highest BCUT2D eigenvalue weighted by Gasteiger charge is 2.25. The summed E-state index contributed by atoms with van der Waals surface area (Å²) in [5, 5.41) is 4.57. The molecule has 4 nitrogen and oxygen atoms in total. The summed E-state index contributed by atoms with van der Waals surface area (Å²) in [6.07, 6.45) is 1.51. The molecule has 2 N–H and O–H groups in total. The lowest BCUT2D eigenvalue weighted by atomic mass is 10.1. The molecule has 0 spiro atoms. The topological polar surface area (TPSA) is 50.4 Å². The van der Waals surface area contributed by atoms with Crippen LogP contribution in [-0.4, -0.2) is 25.2 Å². The van der Waals surface area contributed by atoms with Gasteiger partial charge in [-0.1, -0.05) is 35.3 Å². The number of benzene rings is 2. The maximum Gasteiger partial charge on any atom is 0.324 e. The van der Waals surface area contributed by atoms with E-state index in [1.54, 1.807) is 6.07 Å². The van der Waals surface area contributed by atoms with Gasteiger partial charge in [0.15, 0.2) is 0 Å². The molecule has 3 rings (SSSR count). The zero-order valence-electron chi connectivity index (χ0n) is 13.4.